The number of aromatic nitrogens is 3. The van der Waals surface area contributed by atoms with E-state index in [0.717, 1.165) is 24.2 Å². The third kappa shape index (κ3) is 5.42. The lowest BCUT2D eigenvalue weighted by Gasteiger charge is -2.17. The molecule has 6 nitrogen and oxygen atoms in total. The molecule has 30 heavy (non-hydrogen) atoms. The van der Waals surface area contributed by atoms with E-state index in [2.05, 4.69) is 27.6 Å². The number of thioether (sulfide) groups is 1. The molecule has 0 bridgehead atoms. The molecule has 1 N–H and O–H groups in total. The number of hydrogen-bond donors (Lipinski definition) is 1. The standard InChI is InChI=1S/C23H28N4O2S/c1-16(14-15-18-10-6-5-7-11-18)24-22(28)17(2)30-23-26-25-21(27(23)3)19-12-8-9-13-20(19)29-4/h5-13,16-17H,14-15H2,1-4H3,(H,24,28). The summed E-state index contributed by atoms with van der Waals surface area (Å²) in [6.07, 6.45) is 1.84. The Bertz CT molecular complexity index is 974. The van der Waals surface area contributed by atoms with Gasteiger partial charge in [-0.2, -0.15) is 0 Å². The van der Waals surface area contributed by atoms with E-state index in [4.69, 9.17) is 4.74 Å². The fraction of sp³-hybridized carbons (Fsp3) is 0.348. The summed E-state index contributed by atoms with van der Waals surface area (Å²) in [5, 5.41) is 12.1. The number of carbonyl (C=O) groups is 1. The summed E-state index contributed by atoms with van der Waals surface area (Å²) in [5.74, 6) is 1.45. The highest BCUT2D eigenvalue weighted by Crippen LogP contribution is 2.31. The van der Waals surface area contributed by atoms with Crippen molar-refractivity contribution in [3.8, 4) is 17.1 Å². The van der Waals surface area contributed by atoms with E-state index < -0.39 is 0 Å². The molecule has 0 fully saturated rings. The Morgan fingerprint density at radius 2 is 1.80 bits per heavy atom. The molecule has 0 aliphatic carbocycles. The van der Waals surface area contributed by atoms with E-state index in [9.17, 15) is 4.79 Å². The Hall–Kier alpha value is -2.80. The molecule has 158 valence electrons. The summed E-state index contributed by atoms with van der Waals surface area (Å²) < 4.78 is 7.32. The molecule has 1 amide bonds. The second kappa shape index (κ2) is 10.3. The van der Waals surface area contributed by atoms with Gasteiger partial charge in [-0.05, 0) is 44.4 Å². The smallest absolute Gasteiger partial charge is 0.233 e. The van der Waals surface area contributed by atoms with Gasteiger partial charge in [0.1, 0.15) is 5.75 Å². The lowest BCUT2D eigenvalue weighted by Crippen LogP contribution is -2.38. The minimum absolute atomic E-state index is 0.00223. The number of benzene rings is 2. The highest BCUT2D eigenvalue weighted by Gasteiger charge is 2.21. The van der Waals surface area contributed by atoms with Crippen LogP contribution < -0.4 is 10.1 Å². The molecule has 2 aromatic carbocycles. The van der Waals surface area contributed by atoms with Crippen LogP contribution in [0.25, 0.3) is 11.4 Å². The van der Waals surface area contributed by atoms with E-state index in [0.29, 0.717) is 11.0 Å². The maximum absolute atomic E-state index is 12.6. The van der Waals surface area contributed by atoms with E-state index in [1.165, 1.54) is 17.3 Å². The second-order valence-electron chi connectivity index (χ2n) is 7.26. The van der Waals surface area contributed by atoms with Crippen molar-refractivity contribution >= 4 is 17.7 Å². The fourth-order valence-electron chi connectivity index (χ4n) is 3.15. The predicted molar refractivity (Wildman–Crippen MR) is 121 cm³/mol. The third-order valence-corrected chi connectivity index (χ3v) is 6.07. The number of para-hydroxylation sites is 1. The van der Waals surface area contributed by atoms with Crippen LogP contribution in [0.3, 0.4) is 0 Å². The van der Waals surface area contributed by atoms with Crippen molar-refractivity contribution in [2.75, 3.05) is 7.11 Å². The first-order chi connectivity index (χ1) is 14.5. The van der Waals surface area contributed by atoms with Crippen LogP contribution in [0.4, 0.5) is 0 Å². The summed E-state index contributed by atoms with van der Waals surface area (Å²) in [4.78, 5) is 12.6. The van der Waals surface area contributed by atoms with Crippen LogP contribution in [-0.2, 0) is 18.3 Å². The molecule has 3 rings (SSSR count). The number of hydrogen-bond acceptors (Lipinski definition) is 5. The van der Waals surface area contributed by atoms with Crippen LogP contribution in [0.5, 0.6) is 5.75 Å². The minimum Gasteiger partial charge on any atom is -0.496 e. The maximum atomic E-state index is 12.6. The molecule has 7 heteroatoms. The summed E-state index contributed by atoms with van der Waals surface area (Å²) in [6, 6.07) is 18.1. The zero-order valence-corrected chi connectivity index (χ0v) is 18.6. The first-order valence-corrected chi connectivity index (χ1v) is 10.9. The van der Waals surface area contributed by atoms with Gasteiger partial charge in [-0.25, -0.2) is 0 Å². The van der Waals surface area contributed by atoms with E-state index in [-0.39, 0.29) is 17.2 Å². The van der Waals surface area contributed by atoms with Gasteiger partial charge in [-0.3, -0.25) is 4.79 Å². The molecule has 0 aliphatic rings. The van der Waals surface area contributed by atoms with Crippen molar-refractivity contribution in [2.45, 2.75) is 43.1 Å². The summed E-state index contributed by atoms with van der Waals surface area (Å²) in [7, 11) is 3.54. The fourth-order valence-corrected chi connectivity index (χ4v) is 3.98. The van der Waals surface area contributed by atoms with Gasteiger partial charge in [-0.1, -0.05) is 54.2 Å². The van der Waals surface area contributed by atoms with Crippen molar-refractivity contribution < 1.29 is 9.53 Å². The first kappa shape index (κ1) is 21.9. The van der Waals surface area contributed by atoms with Crippen molar-refractivity contribution in [3.63, 3.8) is 0 Å². The maximum Gasteiger partial charge on any atom is 0.233 e. The van der Waals surface area contributed by atoms with Gasteiger partial charge in [0.2, 0.25) is 5.91 Å². The Morgan fingerprint density at radius 1 is 1.10 bits per heavy atom. The van der Waals surface area contributed by atoms with E-state index in [1.54, 1.807) is 7.11 Å². The molecule has 0 radical (unpaired) electrons. The van der Waals surface area contributed by atoms with Gasteiger partial charge in [0, 0.05) is 13.1 Å². The van der Waals surface area contributed by atoms with E-state index >= 15 is 0 Å². The van der Waals surface area contributed by atoms with Crippen LogP contribution >= 0.6 is 11.8 Å². The third-order valence-electron chi connectivity index (χ3n) is 4.93. The Balaban J connectivity index is 1.58. The molecular formula is C23H28N4O2S. The highest BCUT2D eigenvalue weighted by atomic mass is 32.2. The molecule has 0 aliphatic heterocycles. The number of nitrogens with one attached hydrogen (secondary N) is 1. The number of ether oxygens (including phenoxy) is 1. The number of nitrogens with zero attached hydrogens (tertiary/aromatic N) is 3. The number of methoxy groups -OCH3 is 1. The molecule has 0 spiro atoms. The molecule has 0 saturated heterocycles. The van der Waals surface area contributed by atoms with Crippen molar-refractivity contribution in [1.82, 2.24) is 20.1 Å². The van der Waals surface area contributed by atoms with Crippen molar-refractivity contribution in [2.24, 2.45) is 7.05 Å². The van der Waals surface area contributed by atoms with Gasteiger partial charge in [0.05, 0.1) is 17.9 Å². The van der Waals surface area contributed by atoms with Gasteiger partial charge in [0.25, 0.3) is 0 Å². The van der Waals surface area contributed by atoms with Gasteiger partial charge < -0.3 is 14.6 Å². The van der Waals surface area contributed by atoms with Crippen LogP contribution in [-0.4, -0.2) is 39.1 Å². The Kier molecular flexibility index (Phi) is 7.52. The van der Waals surface area contributed by atoms with Crippen LogP contribution in [0.15, 0.2) is 59.8 Å². The zero-order valence-electron chi connectivity index (χ0n) is 17.8. The normalized spacial score (nSPS) is 12.9. The quantitative estimate of drug-likeness (QED) is 0.524. The van der Waals surface area contributed by atoms with Crippen molar-refractivity contribution in [3.05, 3.63) is 60.2 Å². The predicted octanol–water partition coefficient (Wildman–Crippen LogP) is 4.11. The molecule has 1 heterocycles. The molecule has 3 aromatic rings. The average molecular weight is 425 g/mol. The number of carbonyl (C=O) groups excluding carboxylic acids is 1. The van der Waals surface area contributed by atoms with E-state index in [1.807, 2.05) is 67.9 Å². The monoisotopic (exact) mass is 424 g/mol. The lowest BCUT2D eigenvalue weighted by atomic mass is 10.1. The number of aryl methyl sites for hydroxylation is 1. The Morgan fingerprint density at radius 3 is 2.53 bits per heavy atom. The van der Waals surface area contributed by atoms with Crippen molar-refractivity contribution in [1.29, 1.82) is 0 Å². The zero-order chi connectivity index (χ0) is 21.5. The number of amides is 1. The molecule has 0 saturated carbocycles. The van der Waals surface area contributed by atoms with Crippen LogP contribution in [0, 0.1) is 0 Å². The SMILES string of the molecule is COc1ccccc1-c1nnc(SC(C)C(=O)NC(C)CCc2ccccc2)n1C. The molecule has 2 unspecified atom stereocenters. The summed E-state index contributed by atoms with van der Waals surface area (Å²) >= 11 is 1.40. The highest BCUT2D eigenvalue weighted by molar-refractivity contribution is 8.00. The Labute approximate surface area is 182 Å². The van der Waals surface area contributed by atoms with Gasteiger partial charge in [-0.15, -0.1) is 10.2 Å². The summed E-state index contributed by atoms with van der Waals surface area (Å²) in [6.45, 7) is 3.93. The average Bonchev–Trinajstić information content (AvgIpc) is 3.12. The largest absolute Gasteiger partial charge is 0.496 e. The molecule has 1 aromatic heterocycles. The molecule has 2 atom stereocenters. The number of rotatable bonds is 9. The van der Waals surface area contributed by atoms with Crippen LogP contribution in [0.2, 0.25) is 0 Å². The minimum atomic E-state index is -0.280. The van der Waals surface area contributed by atoms with Crippen LogP contribution in [0.1, 0.15) is 25.8 Å². The second-order valence-corrected chi connectivity index (χ2v) is 8.57. The molecular weight excluding hydrogens is 396 g/mol. The lowest BCUT2D eigenvalue weighted by molar-refractivity contribution is -0.120. The topological polar surface area (TPSA) is 69.0 Å². The van der Waals surface area contributed by atoms with Gasteiger partial charge in [0.15, 0.2) is 11.0 Å². The summed E-state index contributed by atoms with van der Waals surface area (Å²) in [5.41, 5.74) is 2.15. The van der Waals surface area contributed by atoms with Gasteiger partial charge >= 0.3 is 0 Å². The first-order valence-electron chi connectivity index (χ1n) is 10.0.